The van der Waals surface area contributed by atoms with E-state index in [2.05, 4.69) is 6.92 Å². The highest BCUT2D eigenvalue weighted by Crippen LogP contribution is 2.47. The fraction of sp³-hybridized carbons (Fsp3) is 0.631. The maximum absolute atomic E-state index is 15.3. The molecule has 11 atom stereocenters. The van der Waals surface area contributed by atoms with E-state index in [0.29, 0.717) is 27.1 Å². The van der Waals surface area contributed by atoms with E-state index in [1.54, 1.807) is 6.92 Å². The van der Waals surface area contributed by atoms with Gasteiger partial charge in [-0.2, -0.15) is 39.5 Å². The Morgan fingerprint density at radius 1 is 0.483 bits per heavy atom. The molecule has 0 bridgehead atoms. The summed E-state index contributed by atoms with van der Waals surface area (Å²) in [6, 6.07) is 18.7. The molecule has 484 valence electrons. The van der Waals surface area contributed by atoms with Gasteiger partial charge >= 0.3 is 42.4 Å². The molecule has 13 nitrogen and oxygen atoms in total. The van der Waals surface area contributed by atoms with Crippen molar-refractivity contribution in [1.29, 1.82) is 0 Å². The largest absolute Gasteiger partial charge is 0.459 e. The van der Waals surface area contributed by atoms with Crippen LogP contribution in [0.1, 0.15) is 172 Å². The van der Waals surface area contributed by atoms with Crippen LogP contribution in [0.25, 0.3) is 0 Å². The maximum Gasteiger partial charge on any atom is 0.432 e. The molecule has 3 aliphatic heterocycles. The fourth-order valence-corrected chi connectivity index (χ4v) is 12.1. The predicted octanol–water partition coefficient (Wildman–Crippen LogP) is 15.0. The molecule has 87 heavy (non-hydrogen) atoms. The van der Waals surface area contributed by atoms with Crippen LogP contribution in [-0.4, -0.2) is 113 Å². The minimum atomic E-state index is -5.37. The van der Waals surface area contributed by atoms with Gasteiger partial charge in [-0.3, -0.25) is 0 Å². The molecule has 2 saturated heterocycles. The molecule has 22 heteroatoms. The number of benzene rings is 3. The highest BCUT2D eigenvalue weighted by Gasteiger charge is 2.67. The van der Waals surface area contributed by atoms with Crippen LogP contribution in [0.5, 0.6) is 0 Å². The molecule has 0 N–H and O–H groups in total. The summed E-state index contributed by atoms with van der Waals surface area (Å²) in [4.78, 5) is 55.1. The van der Waals surface area contributed by atoms with Gasteiger partial charge in [0.1, 0.15) is 24.4 Å². The fourth-order valence-electron chi connectivity index (χ4n) is 12.1. The van der Waals surface area contributed by atoms with E-state index in [4.69, 9.17) is 42.6 Å². The summed E-state index contributed by atoms with van der Waals surface area (Å²) in [7, 11) is 2.20. The first kappa shape index (κ1) is 70.5. The zero-order chi connectivity index (χ0) is 63.5. The van der Waals surface area contributed by atoms with Crippen LogP contribution in [0.15, 0.2) is 103 Å². The second-order valence-electron chi connectivity index (χ2n) is 22.7. The first-order valence-electron chi connectivity index (χ1n) is 30.3. The molecule has 3 aliphatic rings. The first-order chi connectivity index (χ1) is 41.4. The molecular formula is C65H83F9O13. The van der Waals surface area contributed by atoms with E-state index >= 15 is 39.5 Å². The van der Waals surface area contributed by atoms with E-state index < -0.39 is 125 Å². The van der Waals surface area contributed by atoms with Gasteiger partial charge in [0.15, 0.2) is 0 Å². The highest BCUT2D eigenvalue weighted by molar-refractivity contribution is 5.91. The topological polar surface area (TPSA) is 151 Å². The number of rotatable bonds is 35. The second-order valence-corrected chi connectivity index (χ2v) is 22.7. The van der Waals surface area contributed by atoms with Crippen LogP contribution in [0.3, 0.4) is 0 Å². The Morgan fingerprint density at radius 3 is 1.15 bits per heavy atom. The van der Waals surface area contributed by atoms with Crippen molar-refractivity contribution < 1.29 is 101 Å². The number of alkyl halides is 9. The monoisotopic (exact) mass is 1240 g/mol. The van der Waals surface area contributed by atoms with Crippen LogP contribution in [0.4, 0.5) is 39.5 Å². The van der Waals surface area contributed by atoms with Crippen LogP contribution >= 0.6 is 0 Å². The van der Waals surface area contributed by atoms with Gasteiger partial charge in [0.2, 0.25) is 0 Å². The van der Waals surface area contributed by atoms with E-state index in [1.165, 1.54) is 92.8 Å². The summed E-state index contributed by atoms with van der Waals surface area (Å²) < 4.78 is 187. The number of unbranched alkanes of at least 4 members (excludes halogenated alkanes) is 12. The van der Waals surface area contributed by atoms with Gasteiger partial charge in [-0.25, -0.2) is 19.2 Å². The normalized spacial score (nSPS) is 22.3. The van der Waals surface area contributed by atoms with Crippen molar-refractivity contribution in [2.24, 2.45) is 0 Å². The lowest BCUT2D eigenvalue weighted by atomic mass is 9.92. The molecule has 0 amide bonds. The van der Waals surface area contributed by atoms with Crippen molar-refractivity contribution >= 4 is 23.9 Å². The van der Waals surface area contributed by atoms with Crippen molar-refractivity contribution in [3.63, 3.8) is 0 Å². The summed E-state index contributed by atoms with van der Waals surface area (Å²) in [5.41, 5.74) is -12.3. The number of carbonyl (C=O) groups excluding carboxylic acids is 4. The van der Waals surface area contributed by atoms with Gasteiger partial charge in [-0.15, -0.1) is 0 Å². The van der Waals surface area contributed by atoms with Gasteiger partial charge in [-0.1, -0.05) is 169 Å². The van der Waals surface area contributed by atoms with Crippen LogP contribution in [0, 0.1) is 0 Å². The zero-order valence-electron chi connectivity index (χ0n) is 50.1. The lowest BCUT2D eigenvalue weighted by Gasteiger charge is -2.35. The Labute approximate surface area is 503 Å². The highest BCUT2D eigenvalue weighted by atomic mass is 19.4. The molecule has 0 saturated carbocycles. The summed E-state index contributed by atoms with van der Waals surface area (Å²) in [6.45, 7) is 3.73. The SMILES string of the molecule is CCCCCCCCCCCCCC[C@@H](OC(=O)[C@@](OC)(c1ccccc1)C(F)(F)F)[C@H]1CC[C@H]([C@H]2CC[C@H]([C@@H](CCCC[C@H](CC3=C[C@H](C)OC3=O)OC(=O)[C@@](OC)(c3ccccc3)C(F)(F)F)OC(=O)[C@@](OC)(c3ccccc3)C(F)(F)F)O2)O1. The van der Waals surface area contributed by atoms with E-state index in [0.717, 1.165) is 75.6 Å². The van der Waals surface area contributed by atoms with Crippen LogP contribution in [-0.2, 0) is 78.6 Å². The lowest BCUT2D eigenvalue weighted by molar-refractivity contribution is -0.281. The van der Waals surface area contributed by atoms with Crippen LogP contribution < -0.4 is 0 Å². The Morgan fingerprint density at radius 2 is 0.816 bits per heavy atom. The number of methoxy groups -OCH3 is 3. The number of ether oxygens (including phenoxy) is 9. The molecule has 0 aromatic heterocycles. The Kier molecular flexibility index (Phi) is 26.2. The lowest BCUT2D eigenvalue weighted by Crippen LogP contribution is -2.53. The van der Waals surface area contributed by atoms with Crippen molar-refractivity contribution in [3.8, 4) is 0 Å². The molecule has 3 aromatic rings. The molecular weight excluding hydrogens is 1160 g/mol. The first-order valence-corrected chi connectivity index (χ1v) is 30.3. The minimum Gasteiger partial charge on any atom is -0.459 e. The van der Waals surface area contributed by atoms with Gasteiger partial charge in [-0.05, 0) is 77.2 Å². The molecule has 0 unspecified atom stereocenters. The summed E-state index contributed by atoms with van der Waals surface area (Å²) >= 11 is 0. The standard InChI is InChI=1S/C65H83F9O13/c1-6-7-8-9-10-11-12-13-14-15-16-26-36-50(86-58(77)61(80-4,64(69,70)71)47-31-22-18-23-32-47)52-38-40-54(84-52)55-41-39-53(85-55)51(87-59(78)62(81-5,65(72,73)74)48-33-24-19-25-34-48)37-28-27-35-49(43-45-42-44(2)82-56(45)75)83-57(76)60(79-3,63(66,67)68)46-29-20-17-21-30-46/h17-25,29-34,42,44,49-55H,6-16,26-28,35-41,43H2,1-5H3/t44-,49+,50+,51+,52+,53+,54+,55+,60-,61-,62-/m0/s1. The van der Waals surface area contributed by atoms with Crippen molar-refractivity contribution in [1.82, 2.24) is 0 Å². The quantitative estimate of drug-likeness (QED) is 0.0238. The van der Waals surface area contributed by atoms with Crippen molar-refractivity contribution in [3.05, 3.63) is 119 Å². The molecule has 3 aromatic carbocycles. The molecule has 3 heterocycles. The van der Waals surface area contributed by atoms with Gasteiger partial charge < -0.3 is 42.6 Å². The smallest absolute Gasteiger partial charge is 0.432 e. The predicted molar refractivity (Wildman–Crippen MR) is 301 cm³/mol. The number of hydrogen-bond acceptors (Lipinski definition) is 13. The molecule has 2 fully saturated rings. The van der Waals surface area contributed by atoms with E-state index in [-0.39, 0.29) is 69.8 Å². The number of carbonyl (C=O) groups is 4. The molecule has 0 spiro atoms. The van der Waals surface area contributed by atoms with Gasteiger partial charge in [0.25, 0.3) is 16.8 Å². The molecule has 6 rings (SSSR count). The third-order valence-electron chi connectivity index (χ3n) is 16.8. The number of hydrogen-bond donors (Lipinski definition) is 0. The van der Waals surface area contributed by atoms with E-state index in [9.17, 15) is 19.2 Å². The number of halogens is 9. The minimum absolute atomic E-state index is 0.0135. The Hall–Kier alpha value is -5.55. The third kappa shape index (κ3) is 17.2. The summed E-state index contributed by atoms with van der Waals surface area (Å²) in [6.07, 6.45) is -10.3. The second kappa shape index (κ2) is 32.3. The van der Waals surface area contributed by atoms with Gasteiger partial charge in [0.05, 0.1) is 24.4 Å². The van der Waals surface area contributed by atoms with Crippen LogP contribution in [0.2, 0.25) is 0 Å². The van der Waals surface area contributed by atoms with Gasteiger partial charge in [0, 0.05) is 50.0 Å². The third-order valence-corrected chi connectivity index (χ3v) is 16.8. The summed E-state index contributed by atoms with van der Waals surface area (Å²) in [5, 5.41) is 0. The Balaban J connectivity index is 1.21. The summed E-state index contributed by atoms with van der Waals surface area (Å²) in [5.74, 6) is -6.09. The average molecular weight is 1240 g/mol. The number of cyclic esters (lactones) is 1. The average Bonchev–Trinajstić information content (AvgIpc) is 1.63. The van der Waals surface area contributed by atoms with E-state index in [1.807, 2.05) is 0 Å². The molecule has 0 radical (unpaired) electrons. The maximum atomic E-state index is 15.3. The van der Waals surface area contributed by atoms with Crippen molar-refractivity contribution in [2.75, 3.05) is 21.3 Å². The zero-order valence-corrected chi connectivity index (χ0v) is 50.1. The van der Waals surface area contributed by atoms with Crippen molar-refractivity contribution in [2.45, 2.75) is 239 Å². The Bertz CT molecular complexity index is 2640. The number of esters is 4. The molecule has 0 aliphatic carbocycles.